The number of carbonyl (C=O) groups is 1. The fraction of sp³-hybridized carbons (Fsp3) is 0.636. The van der Waals surface area contributed by atoms with Crippen LogP contribution in [0.2, 0.25) is 0 Å². The Balaban J connectivity index is 0.00000300. The summed E-state index contributed by atoms with van der Waals surface area (Å²) in [6, 6.07) is 8.18. The SMILES string of the molecule is CCNC(=NCc1cccc(OCC(=O)NC2CC2)c1)N1CC(C)(C)C1(C)C.I. The summed E-state index contributed by atoms with van der Waals surface area (Å²) in [7, 11) is 0. The number of carbonyl (C=O) groups excluding carboxylic acids is 1. The number of nitrogens with zero attached hydrogens (tertiary/aromatic N) is 2. The number of hydrogen-bond donors (Lipinski definition) is 2. The van der Waals surface area contributed by atoms with Gasteiger partial charge in [-0.3, -0.25) is 4.79 Å². The highest BCUT2D eigenvalue weighted by atomic mass is 127. The van der Waals surface area contributed by atoms with E-state index in [1.54, 1.807) is 0 Å². The van der Waals surface area contributed by atoms with Gasteiger partial charge in [0.1, 0.15) is 5.75 Å². The lowest BCUT2D eigenvalue weighted by Crippen LogP contribution is -2.72. The van der Waals surface area contributed by atoms with E-state index in [0.29, 0.717) is 18.3 Å². The van der Waals surface area contributed by atoms with Crippen molar-refractivity contribution in [1.29, 1.82) is 0 Å². The monoisotopic (exact) mass is 514 g/mol. The van der Waals surface area contributed by atoms with Gasteiger partial charge < -0.3 is 20.3 Å². The summed E-state index contributed by atoms with van der Waals surface area (Å²) in [5, 5.41) is 6.35. The fourth-order valence-corrected chi connectivity index (χ4v) is 3.34. The van der Waals surface area contributed by atoms with Crippen LogP contribution in [0.5, 0.6) is 5.75 Å². The predicted octanol–water partition coefficient (Wildman–Crippen LogP) is 3.55. The standard InChI is InChI=1S/C22H34N4O2.HI/c1-6-23-20(26-15-21(2,3)22(26,4)5)24-13-16-8-7-9-18(12-16)28-14-19(27)25-17-10-11-17;/h7-9,12,17H,6,10-11,13-15H2,1-5H3,(H,23,24)(H,25,27);1H. The molecular weight excluding hydrogens is 479 g/mol. The number of ether oxygens (including phenoxy) is 1. The van der Waals surface area contributed by atoms with E-state index in [-0.39, 0.29) is 47.4 Å². The van der Waals surface area contributed by atoms with Crippen LogP contribution in [0, 0.1) is 5.41 Å². The molecule has 6 nitrogen and oxygen atoms in total. The number of likely N-dealkylation sites (tertiary alicyclic amines) is 1. The second-order valence-corrected chi connectivity index (χ2v) is 8.98. The molecule has 1 aromatic rings. The van der Waals surface area contributed by atoms with Gasteiger partial charge in [0.15, 0.2) is 12.6 Å². The summed E-state index contributed by atoms with van der Waals surface area (Å²) in [6.45, 7) is 13.7. The highest BCUT2D eigenvalue weighted by Crippen LogP contribution is 2.46. The van der Waals surface area contributed by atoms with Crippen LogP contribution < -0.4 is 15.4 Å². The molecule has 0 unspecified atom stereocenters. The van der Waals surface area contributed by atoms with E-state index >= 15 is 0 Å². The molecule has 0 aromatic heterocycles. The van der Waals surface area contributed by atoms with Gasteiger partial charge in [0, 0.05) is 30.1 Å². The Morgan fingerprint density at radius 2 is 2.00 bits per heavy atom. The van der Waals surface area contributed by atoms with E-state index < -0.39 is 0 Å². The molecule has 7 heteroatoms. The highest BCUT2D eigenvalue weighted by Gasteiger charge is 2.53. The van der Waals surface area contributed by atoms with Gasteiger partial charge in [0.25, 0.3) is 5.91 Å². The van der Waals surface area contributed by atoms with Crippen LogP contribution in [0.3, 0.4) is 0 Å². The number of nitrogens with one attached hydrogen (secondary N) is 2. The Morgan fingerprint density at radius 1 is 1.28 bits per heavy atom. The molecule has 1 saturated heterocycles. The fourth-order valence-electron chi connectivity index (χ4n) is 3.34. The van der Waals surface area contributed by atoms with Crippen LogP contribution in [-0.4, -0.2) is 48.0 Å². The van der Waals surface area contributed by atoms with Gasteiger partial charge in [-0.15, -0.1) is 24.0 Å². The van der Waals surface area contributed by atoms with Crippen LogP contribution in [0.25, 0.3) is 0 Å². The normalized spacial score (nSPS) is 19.6. The molecule has 1 aliphatic heterocycles. The Kier molecular flexibility index (Phi) is 7.81. The zero-order chi connectivity index (χ0) is 20.4. The first-order chi connectivity index (χ1) is 13.2. The molecule has 2 N–H and O–H groups in total. The molecule has 29 heavy (non-hydrogen) atoms. The predicted molar refractivity (Wildman–Crippen MR) is 128 cm³/mol. The zero-order valence-electron chi connectivity index (χ0n) is 18.2. The first-order valence-corrected chi connectivity index (χ1v) is 10.3. The molecule has 0 spiro atoms. The van der Waals surface area contributed by atoms with Gasteiger partial charge in [-0.2, -0.15) is 0 Å². The molecule has 0 bridgehead atoms. The molecule has 3 rings (SSSR count). The summed E-state index contributed by atoms with van der Waals surface area (Å²) in [5.74, 6) is 1.60. The molecule has 1 aromatic carbocycles. The van der Waals surface area contributed by atoms with Crippen molar-refractivity contribution in [2.24, 2.45) is 10.4 Å². The minimum Gasteiger partial charge on any atom is -0.484 e. The average Bonchev–Trinajstić information content (AvgIpc) is 3.46. The van der Waals surface area contributed by atoms with Crippen molar-refractivity contribution < 1.29 is 9.53 Å². The minimum atomic E-state index is -0.0528. The molecule has 2 aliphatic rings. The van der Waals surface area contributed by atoms with E-state index in [4.69, 9.17) is 9.73 Å². The van der Waals surface area contributed by atoms with Crippen LogP contribution in [0.1, 0.15) is 53.0 Å². The Bertz CT molecular complexity index is 744. The Hall–Kier alpha value is -1.51. The lowest BCUT2D eigenvalue weighted by atomic mass is 9.65. The van der Waals surface area contributed by atoms with Crippen LogP contribution in [0.15, 0.2) is 29.3 Å². The van der Waals surface area contributed by atoms with E-state index in [2.05, 4.69) is 50.2 Å². The van der Waals surface area contributed by atoms with Crippen molar-refractivity contribution in [2.75, 3.05) is 19.7 Å². The molecule has 1 amide bonds. The van der Waals surface area contributed by atoms with Crippen molar-refractivity contribution in [3.05, 3.63) is 29.8 Å². The average molecular weight is 514 g/mol. The number of rotatable bonds is 7. The molecular formula is C22H35IN4O2. The number of benzene rings is 1. The van der Waals surface area contributed by atoms with Crippen molar-refractivity contribution in [3.63, 3.8) is 0 Å². The molecule has 0 radical (unpaired) electrons. The van der Waals surface area contributed by atoms with Gasteiger partial charge in [-0.1, -0.05) is 26.0 Å². The van der Waals surface area contributed by atoms with Gasteiger partial charge in [-0.05, 0) is 51.3 Å². The third-order valence-electron chi connectivity index (χ3n) is 6.10. The number of amides is 1. The number of halogens is 1. The second kappa shape index (κ2) is 9.53. The third-order valence-corrected chi connectivity index (χ3v) is 6.10. The van der Waals surface area contributed by atoms with Crippen molar-refractivity contribution >= 4 is 35.8 Å². The van der Waals surface area contributed by atoms with Gasteiger partial charge >= 0.3 is 0 Å². The lowest BCUT2D eigenvalue weighted by molar-refractivity contribution is -0.123. The molecule has 0 atom stereocenters. The van der Waals surface area contributed by atoms with Crippen molar-refractivity contribution in [2.45, 2.75) is 65.6 Å². The van der Waals surface area contributed by atoms with Gasteiger partial charge in [0.05, 0.1) is 6.54 Å². The number of aliphatic imine (C=N–C) groups is 1. The maximum Gasteiger partial charge on any atom is 0.258 e. The van der Waals surface area contributed by atoms with Crippen LogP contribution in [0.4, 0.5) is 0 Å². The summed E-state index contributed by atoms with van der Waals surface area (Å²) >= 11 is 0. The molecule has 1 aliphatic carbocycles. The smallest absolute Gasteiger partial charge is 0.258 e. The van der Waals surface area contributed by atoms with Gasteiger partial charge in [-0.25, -0.2) is 4.99 Å². The van der Waals surface area contributed by atoms with E-state index in [1.165, 1.54) is 0 Å². The largest absolute Gasteiger partial charge is 0.484 e. The molecule has 1 heterocycles. The summed E-state index contributed by atoms with van der Waals surface area (Å²) in [5.41, 5.74) is 1.39. The van der Waals surface area contributed by atoms with Crippen molar-refractivity contribution in [3.8, 4) is 5.75 Å². The first kappa shape index (κ1) is 23.8. The van der Waals surface area contributed by atoms with Crippen molar-refractivity contribution in [1.82, 2.24) is 15.5 Å². The van der Waals surface area contributed by atoms with Crippen LogP contribution >= 0.6 is 24.0 Å². The topological polar surface area (TPSA) is 66.0 Å². The summed E-state index contributed by atoms with van der Waals surface area (Å²) in [4.78, 5) is 19.0. The molecule has 1 saturated carbocycles. The van der Waals surface area contributed by atoms with Crippen LogP contribution in [-0.2, 0) is 11.3 Å². The van der Waals surface area contributed by atoms with E-state index in [0.717, 1.165) is 37.5 Å². The Morgan fingerprint density at radius 3 is 2.59 bits per heavy atom. The Labute approximate surface area is 191 Å². The summed E-state index contributed by atoms with van der Waals surface area (Å²) in [6.07, 6.45) is 2.16. The summed E-state index contributed by atoms with van der Waals surface area (Å²) < 4.78 is 5.65. The zero-order valence-corrected chi connectivity index (χ0v) is 20.6. The van der Waals surface area contributed by atoms with E-state index in [1.807, 2.05) is 24.3 Å². The number of guanidine groups is 1. The molecule has 2 fully saturated rings. The first-order valence-electron chi connectivity index (χ1n) is 10.3. The molecule has 162 valence electrons. The third kappa shape index (κ3) is 5.77. The maximum atomic E-state index is 11.8. The lowest BCUT2D eigenvalue weighted by Gasteiger charge is -2.62. The highest BCUT2D eigenvalue weighted by molar-refractivity contribution is 14.0. The van der Waals surface area contributed by atoms with E-state index in [9.17, 15) is 4.79 Å². The second-order valence-electron chi connectivity index (χ2n) is 8.98. The maximum absolute atomic E-state index is 11.8. The minimum absolute atomic E-state index is 0. The quantitative estimate of drug-likeness (QED) is 0.332. The number of hydrogen-bond acceptors (Lipinski definition) is 3. The van der Waals surface area contributed by atoms with Gasteiger partial charge in [0.2, 0.25) is 0 Å².